The van der Waals surface area contributed by atoms with Gasteiger partial charge in [0.1, 0.15) is 11.3 Å². The highest BCUT2D eigenvalue weighted by atomic mass is 16.6. The van der Waals surface area contributed by atoms with Crippen LogP contribution in [-0.4, -0.2) is 35.3 Å². The van der Waals surface area contributed by atoms with Gasteiger partial charge in [-0.3, -0.25) is 4.79 Å². The summed E-state index contributed by atoms with van der Waals surface area (Å²) in [6.07, 6.45) is 2.24. The number of hydrogen-bond donors (Lipinski definition) is 3. The van der Waals surface area contributed by atoms with Crippen molar-refractivity contribution in [1.29, 1.82) is 0 Å². The summed E-state index contributed by atoms with van der Waals surface area (Å²) >= 11 is 0. The van der Waals surface area contributed by atoms with E-state index >= 15 is 0 Å². The van der Waals surface area contributed by atoms with E-state index in [9.17, 15) is 9.59 Å². The predicted octanol–water partition coefficient (Wildman–Crippen LogP) is 2.37. The van der Waals surface area contributed by atoms with Crippen molar-refractivity contribution in [2.45, 2.75) is 53.2 Å². The molecule has 0 aliphatic rings. The number of hydrogen-bond acceptors (Lipinski definition) is 4. The summed E-state index contributed by atoms with van der Waals surface area (Å²) in [5.41, 5.74) is 6.36. The second-order valence-corrected chi connectivity index (χ2v) is 7.22. The molecule has 0 aromatic carbocycles. The van der Waals surface area contributed by atoms with Crippen molar-refractivity contribution in [3.63, 3.8) is 0 Å². The van der Waals surface area contributed by atoms with Crippen molar-refractivity contribution < 1.29 is 14.3 Å². The number of rotatable bonds is 7. The molecule has 0 fully saturated rings. The van der Waals surface area contributed by atoms with Gasteiger partial charge in [-0.05, 0) is 39.2 Å². The zero-order valence-corrected chi connectivity index (χ0v) is 15.3. The third-order valence-corrected chi connectivity index (χ3v) is 3.18. The summed E-state index contributed by atoms with van der Waals surface area (Å²) in [6.45, 7) is 11.0. The van der Waals surface area contributed by atoms with E-state index in [1.807, 2.05) is 4.57 Å². The van der Waals surface area contributed by atoms with E-state index in [-0.39, 0.29) is 5.91 Å². The average Bonchev–Trinajstić information content (AvgIpc) is 2.80. The Balaban J connectivity index is 2.44. The summed E-state index contributed by atoms with van der Waals surface area (Å²) in [5.74, 6) is 0.337. The number of nitrogens with one attached hydrogen (secondary N) is 2. The maximum atomic E-state index is 12.3. The van der Waals surface area contributed by atoms with E-state index in [4.69, 9.17) is 10.5 Å². The van der Waals surface area contributed by atoms with Gasteiger partial charge < -0.3 is 25.7 Å². The molecule has 136 valence electrons. The van der Waals surface area contributed by atoms with E-state index < -0.39 is 11.7 Å². The molecular formula is C17H30N4O3. The van der Waals surface area contributed by atoms with Gasteiger partial charge in [0.25, 0.3) is 5.91 Å². The Morgan fingerprint density at radius 3 is 2.46 bits per heavy atom. The molecule has 24 heavy (non-hydrogen) atoms. The van der Waals surface area contributed by atoms with E-state index in [1.165, 1.54) is 0 Å². The molecule has 0 atom stereocenters. The Kier molecular flexibility index (Phi) is 7.13. The summed E-state index contributed by atoms with van der Waals surface area (Å²) in [5, 5.41) is 5.37. The van der Waals surface area contributed by atoms with Crippen molar-refractivity contribution >= 4 is 17.7 Å². The maximum Gasteiger partial charge on any atom is 0.407 e. The summed E-state index contributed by atoms with van der Waals surface area (Å²) in [6, 6.07) is 1.66. The van der Waals surface area contributed by atoms with E-state index in [0.29, 0.717) is 30.4 Å². The van der Waals surface area contributed by atoms with Crippen molar-refractivity contribution in [3.8, 4) is 0 Å². The van der Waals surface area contributed by atoms with Crippen molar-refractivity contribution in [3.05, 3.63) is 18.0 Å². The zero-order chi connectivity index (χ0) is 18.3. The number of aryl methyl sites for hydroxylation is 1. The highest BCUT2D eigenvalue weighted by molar-refractivity contribution is 5.93. The van der Waals surface area contributed by atoms with Crippen LogP contribution < -0.4 is 16.4 Å². The van der Waals surface area contributed by atoms with Crippen LogP contribution in [0.5, 0.6) is 0 Å². The lowest BCUT2D eigenvalue weighted by Gasteiger charge is -2.19. The quantitative estimate of drug-likeness (QED) is 0.665. The van der Waals surface area contributed by atoms with Gasteiger partial charge in [-0.25, -0.2) is 4.79 Å². The first-order chi connectivity index (χ1) is 11.1. The molecule has 0 unspecified atom stereocenters. The number of anilines is 1. The SMILES string of the molecule is CC(C)CCn1cc(N)cc1C(=O)NCCNC(=O)OC(C)(C)C. The molecule has 1 rings (SSSR count). The number of nitrogen functional groups attached to an aromatic ring is 1. The molecule has 0 spiro atoms. The number of amides is 2. The van der Waals surface area contributed by atoms with E-state index in [1.54, 1.807) is 33.0 Å². The number of carbonyl (C=O) groups excluding carboxylic acids is 2. The molecule has 0 aliphatic carbocycles. The Hall–Kier alpha value is -2.18. The summed E-state index contributed by atoms with van der Waals surface area (Å²) in [7, 11) is 0. The molecule has 0 saturated carbocycles. The van der Waals surface area contributed by atoms with Crippen molar-refractivity contribution in [2.24, 2.45) is 5.92 Å². The first kappa shape index (κ1) is 19.9. The summed E-state index contributed by atoms with van der Waals surface area (Å²) in [4.78, 5) is 23.8. The largest absolute Gasteiger partial charge is 0.444 e. The van der Waals surface area contributed by atoms with Crippen LogP contribution in [-0.2, 0) is 11.3 Å². The van der Waals surface area contributed by atoms with Gasteiger partial charge in [0, 0.05) is 25.8 Å². The van der Waals surface area contributed by atoms with Crippen LogP contribution in [0.4, 0.5) is 10.5 Å². The Labute approximate surface area is 143 Å². The van der Waals surface area contributed by atoms with Crippen molar-refractivity contribution in [2.75, 3.05) is 18.8 Å². The second-order valence-electron chi connectivity index (χ2n) is 7.22. The second kappa shape index (κ2) is 8.61. The third kappa shape index (κ3) is 7.39. The number of nitrogens with zero attached hydrogens (tertiary/aromatic N) is 1. The Bertz CT molecular complexity index is 559. The highest BCUT2D eigenvalue weighted by Gasteiger charge is 2.16. The van der Waals surface area contributed by atoms with Crippen LogP contribution in [0.1, 0.15) is 51.5 Å². The van der Waals surface area contributed by atoms with Crippen LogP contribution in [0.2, 0.25) is 0 Å². The first-order valence-corrected chi connectivity index (χ1v) is 8.29. The fraction of sp³-hybridized carbons (Fsp3) is 0.647. The molecule has 0 aliphatic heterocycles. The molecule has 1 heterocycles. The lowest BCUT2D eigenvalue weighted by Crippen LogP contribution is -2.38. The van der Waals surface area contributed by atoms with Crippen LogP contribution >= 0.6 is 0 Å². The number of ether oxygens (including phenoxy) is 1. The number of carbonyl (C=O) groups is 2. The molecule has 7 nitrogen and oxygen atoms in total. The Morgan fingerprint density at radius 1 is 1.25 bits per heavy atom. The fourth-order valence-electron chi connectivity index (χ4n) is 2.05. The van der Waals surface area contributed by atoms with Crippen LogP contribution in [0.15, 0.2) is 12.3 Å². The fourth-order valence-corrected chi connectivity index (χ4v) is 2.05. The molecule has 2 amide bonds. The van der Waals surface area contributed by atoms with Gasteiger partial charge in [0.05, 0.1) is 5.69 Å². The maximum absolute atomic E-state index is 12.3. The number of alkyl carbamates (subject to hydrolysis) is 1. The van der Waals surface area contributed by atoms with Gasteiger partial charge >= 0.3 is 6.09 Å². The zero-order valence-electron chi connectivity index (χ0n) is 15.3. The lowest BCUT2D eigenvalue weighted by molar-refractivity contribution is 0.0526. The monoisotopic (exact) mass is 338 g/mol. The molecule has 1 aromatic rings. The molecule has 0 radical (unpaired) electrons. The minimum absolute atomic E-state index is 0.207. The number of nitrogens with two attached hydrogens (primary N) is 1. The highest BCUT2D eigenvalue weighted by Crippen LogP contribution is 2.13. The van der Waals surface area contributed by atoms with Crippen LogP contribution in [0.3, 0.4) is 0 Å². The minimum atomic E-state index is -0.540. The Morgan fingerprint density at radius 2 is 1.88 bits per heavy atom. The van der Waals surface area contributed by atoms with E-state index in [0.717, 1.165) is 13.0 Å². The predicted molar refractivity (Wildman–Crippen MR) is 94.9 cm³/mol. The molecule has 7 heteroatoms. The molecule has 0 saturated heterocycles. The smallest absolute Gasteiger partial charge is 0.407 e. The van der Waals surface area contributed by atoms with Gasteiger partial charge in [0.2, 0.25) is 0 Å². The van der Waals surface area contributed by atoms with Gasteiger partial charge in [-0.1, -0.05) is 13.8 Å². The van der Waals surface area contributed by atoms with E-state index in [2.05, 4.69) is 24.5 Å². The van der Waals surface area contributed by atoms with Gasteiger partial charge in [0.15, 0.2) is 0 Å². The van der Waals surface area contributed by atoms with Crippen LogP contribution in [0, 0.1) is 5.92 Å². The summed E-state index contributed by atoms with van der Waals surface area (Å²) < 4.78 is 6.99. The standard InChI is InChI=1S/C17H30N4O3/c1-12(2)6-9-21-11-13(18)10-14(21)15(22)19-7-8-20-16(23)24-17(3,4)5/h10-12H,6-9,18H2,1-5H3,(H,19,22)(H,20,23). The molecular weight excluding hydrogens is 308 g/mol. The molecule has 4 N–H and O–H groups in total. The van der Waals surface area contributed by atoms with Gasteiger partial charge in [-0.2, -0.15) is 0 Å². The van der Waals surface area contributed by atoms with Crippen LogP contribution in [0.25, 0.3) is 0 Å². The lowest BCUT2D eigenvalue weighted by atomic mass is 10.1. The topological polar surface area (TPSA) is 98.4 Å². The third-order valence-electron chi connectivity index (χ3n) is 3.18. The first-order valence-electron chi connectivity index (χ1n) is 8.29. The molecule has 1 aromatic heterocycles. The minimum Gasteiger partial charge on any atom is -0.444 e. The van der Waals surface area contributed by atoms with Crippen molar-refractivity contribution in [1.82, 2.24) is 15.2 Å². The average molecular weight is 338 g/mol. The number of aromatic nitrogens is 1. The normalized spacial score (nSPS) is 11.4. The molecule has 0 bridgehead atoms. The van der Waals surface area contributed by atoms with Gasteiger partial charge in [-0.15, -0.1) is 0 Å².